The van der Waals surface area contributed by atoms with Crippen molar-refractivity contribution in [3.63, 3.8) is 0 Å². The van der Waals surface area contributed by atoms with Crippen LogP contribution in [0.1, 0.15) is 0 Å². The molecule has 5 nitrogen and oxygen atoms in total. The number of fused-ring (bicyclic) bond motifs is 7. The molecule has 5 heteroatoms. The molecule has 60 heavy (non-hydrogen) atoms. The predicted molar refractivity (Wildman–Crippen MR) is 248 cm³/mol. The zero-order valence-electron chi connectivity index (χ0n) is 32.5. The Morgan fingerprint density at radius 1 is 0.233 bits per heavy atom. The van der Waals surface area contributed by atoms with E-state index in [0.717, 1.165) is 56.0 Å². The number of imidazole rings is 1. The molecular formula is C55H36N4O. The van der Waals surface area contributed by atoms with Gasteiger partial charge in [0.2, 0.25) is 0 Å². The van der Waals surface area contributed by atoms with Crippen LogP contribution in [0.2, 0.25) is 0 Å². The van der Waals surface area contributed by atoms with Crippen molar-refractivity contribution < 1.29 is 0 Å². The lowest BCUT2D eigenvalue weighted by Crippen LogP contribution is -2.22. The molecule has 0 N–H and O–H groups in total. The summed E-state index contributed by atoms with van der Waals surface area (Å²) in [6, 6.07) is 76.3. The van der Waals surface area contributed by atoms with Gasteiger partial charge in [0.1, 0.15) is 0 Å². The second-order valence-electron chi connectivity index (χ2n) is 15.4. The van der Waals surface area contributed by atoms with Crippen molar-refractivity contribution >= 4 is 54.6 Å². The van der Waals surface area contributed by atoms with Gasteiger partial charge in [0.25, 0.3) is 0 Å². The zero-order valence-corrected chi connectivity index (χ0v) is 32.5. The van der Waals surface area contributed by atoms with Crippen LogP contribution < -0.4 is 5.69 Å². The van der Waals surface area contributed by atoms with Crippen molar-refractivity contribution in [1.29, 1.82) is 0 Å². The summed E-state index contributed by atoms with van der Waals surface area (Å²) in [7, 11) is 0. The monoisotopic (exact) mass is 768 g/mol. The molecule has 0 bridgehead atoms. The van der Waals surface area contributed by atoms with Crippen molar-refractivity contribution in [2.24, 2.45) is 0 Å². The lowest BCUT2D eigenvalue weighted by molar-refractivity contribution is 0.931. The van der Waals surface area contributed by atoms with Crippen molar-refractivity contribution in [3.05, 3.63) is 229 Å². The highest BCUT2D eigenvalue weighted by Crippen LogP contribution is 2.36. The van der Waals surface area contributed by atoms with Gasteiger partial charge in [0.05, 0.1) is 44.5 Å². The lowest BCUT2D eigenvalue weighted by atomic mass is 10.0. The van der Waals surface area contributed by atoms with Crippen LogP contribution in [0, 0.1) is 0 Å². The number of rotatable bonds is 6. The van der Waals surface area contributed by atoms with Crippen molar-refractivity contribution in [2.45, 2.75) is 0 Å². The first-order valence-corrected chi connectivity index (χ1v) is 20.3. The Bertz CT molecular complexity index is 3360. The normalized spacial score (nSPS) is 11.7. The SMILES string of the molecule is O=c1n(-c2cccc(-c3cccc(-n4c5ccccc5c5ccccc54)c3)c2)c2ccccc2n1-c1cccc(-c2cccc(-n3c4ccccc4c4ccccc43)c2)c1. The Morgan fingerprint density at radius 3 is 0.783 bits per heavy atom. The molecule has 0 atom stereocenters. The Kier molecular flexibility index (Phi) is 7.62. The number of para-hydroxylation sites is 6. The highest BCUT2D eigenvalue weighted by Gasteiger charge is 2.18. The largest absolute Gasteiger partial charge is 0.338 e. The van der Waals surface area contributed by atoms with E-state index in [1.165, 1.54) is 43.6 Å². The molecule has 0 aliphatic heterocycles. The zero-order chi connectivity index (χ0) is 39.7. The Balaban J connectivity index is 0.949. The van der Waals surface area contributed by atoms with E-state index < -0.39 is 0 Å². The van der Waals surface area contributed by atoms with Gasteiger partial charge in [-0.25, -0.2) is 4.79 Å². The molecule has 0 radical (unpaired) electrons. The first-order chi connectivity index (χ1) is 29.7. The molecule has 0 saturated heterocycles. The van der Waals surface area contributed by atoms with Gasteiger partial charge in [-0.1, -0.05) is 133 Å². The average Bonchev–Trinajstić information content (AvgIpc) is 3.94. The number of benzene rings is 9. The highest BCUT2D eigenvalue weighted by atomic mass is 16.1. The van der Waals surface area contributed by atoms with Crippen molar-refractivity contribution in [3.8, 4) is 45.0 Å². The molecule has 0 spiro atoms. The van der Waals surface area contributed by atoms with Crippen LogP contribution in [0.3, 0.4) is 0 Å². The summed E-state index contributed by atoms with van der Waals surface area (Å²) in [5.74, 6) is 0. The summed E-state index contributed by atoms with van der Waals surface area (Å²) in [6.45, 7) is 0. The molecule has 0 amide bonds. The number of hydrogen-bond acceptors (Lipinski definition) is 1. The molecule has 9 aromatic carbocycles. The highest BCUT2D eigenvalue weighted by molar-refractivity contribution is 6.10. The smallest absolute Gasteiger partial charge is 0.309 e. The van der Waals surface area contributed by atoms with Gasteiger partial charge in [0.15, 0.2) is 0 Å². The molecule has 282 valence electrons. The Hall–Kier alpha value is -8.15. The molecule has 0 aliphatic rings. The first kappa shape index (κ1) is 33.9. The van der Waals surface area contributed by atoms with Gasteiger partial charge < -0.3 is 9.13 Å². The van der Waals surface area contributed by atoms with Crippen LogP contribution in [0.25, 0.3) is 99.6 Å². The predicted octanol–water partition coefficient (Wildman–Crippen LogP) is 13.3. The topological polar surface area (TPSA) is 36.8 Å². The van der Waals surface area contributed by atoms with Crippen LogP contribution in [0.15, 0.2) is 223 Å². The maximum Gasteiger partial charge on any atom is 0.338 e. The summed E-state index contributed by atoms with van der Waals surface area (Å²) in [6.07, 6.45) is 0. The van der Waals surface area contributed by atoms with Gasteiger partial charge in [-0.05, 0) is 107 Å². The van der Waals surface area contributed by atoms with Crippen LogP contribution in [-0.2, 0) is 0 Å². The maximum absolute atomic E-state index is 14.8. The number of hydrogen-bond donors (Lipinski definition) is 0. The van der Waals surface area contributed by atoms with E-state index >= 15 is 0 Å². The van der Waals surface area contributed by atoms with Gasteiger partial charge in [-0.15, -0.1) is 0 Å². The summed E-state index contributed by atoms with van der Waals surface area (Å²) in [5.41, 5.74) is 14.3. The molecule has 0 fully saturated rings. The third-order valence-corrected chi connectivity index (χ3v) is 12.0. The molecule has 3 heterocycles. The molecule has 12 rings (SSSR count). The van der Waals surface area contributed by atoms with Crippen LogP contribution in [0.5, 0.6) is 0 Å². The van der Waals surface area contributed by atoms with E-state index in [9.17, 15) is 4.79 Å². The summed E-state index contributed by atoms with van der Waals surface area (Å²) < 4.78 is 8.35. The molecular weight excluding hydrogens is 733 g/mol. The second-order valence-corrected chi connectivity index (χ2v) is 15.4. The fraction of sp³-hybridized carbons (Fsp3) is 0. The fourth-order valence-corrected chi connectivity index (χ4v) is 9.35. The van der Waals surface area contributed by atoms with E-state index in [0.29, 0.717) is 0 Å². The standard InChI is InChI=1S/C55H36N4O/c60-55-58(43-21-13-17-39(35-43)37-15-11-19-41(33-37)56-49-27-5-1-23-45(49)46-24-2-6-28-50(46)56)53-31-9-10-32-54(53)59(55)44-22-14-18-40(36-44)38-16-12-20-42(34-38)57-51-29-7-3-25-47(51)48-26-4-8-30-52(48)57/h1-36H. The van der Waals surface area contributed by atoms with Gasteiger partial charge >= 0.3 is 5.69 Å². The minimum Gasteiger partial charge on any atom is -0.309 e. The van der Waals surface area contributed by atoms with Crippen molar-refractivity contribution in [1.82, 2.24) is 18.3 Å². The maximum atomic E-state index is 14.8. The van der Waals surface area contributed by atoms with Gasteiger partial charge in [0, 0.05) is 32.9 Å². The van der Waals surface area contributed by atoms with Crippen LogP contribution in [-0.4, -0.2) is 18.3 Å². The van der Waals surface area contributed by atoms with Crippen molar-refractivity contribution in [2.75, 3.05) is 0 Å². The summed E-state index contributed by atoms with van der Waals surface area (Å²) >= 11 is 0. The van der Waals surface area contributed by atoms with Crippen LogP contribution >= 0.6 is 0 Å². The fourth-order valence-electron chi connectivity index (χ4n) is 9.35. The van der Waals surface area contributed by atoms with Crippen LogP contribution in [0.4, 0.5) is 0 Å². The van der Waals surface area contributed by atoms with E-state index in [4.69, 9.17) is 0 Å². The molecule has 0 saturated carbocycles. The average molecular weight is 769 g/mol. The quantitative estimate of drug-likeness (QED) is 0.166. The number of aromatic nitrogens is 4. The van der Waals surface area contributed by atoms with Gasteiger partial charge in [-0.3, -0.25) is 9.13 Å². The first-order valence-electron chi connectivity index (χ1n) is 20.3. The molecule has 0 unspecified atom stereocenters. The molecule has 0 aliphatic carbocycles. The lowest BCUT2D eigenvalue weighted by Gasteiger charge is -2.12. The Labute approximate surface area is 345 Å². The second kappa shape index (κ2) is 13.5. The Morgan fingerprint density at radius 2 is 0.483 bits per heavy atom. The minimum atomic E-state index is -0.122. The summed E-state index contributed by atoms with van der Waals surface area (Å²) in [5, 5.41) is 4.92. The summed E-state index contributed by atoms with van der Waals surface area (Å²) in [4.78, 5) is 14.8. The van der Waals surface area contributed by atoms with Gasteiger partial charge in [-0.2, -0.15) is 0 Å². The van der Waals surface area contributed by atoms with E-state index in [2.05, 4.69) is 179 Å². The van der Waals surface area contributed by atoms with E-state index in [1.807, 2.05) is 57.7 Å². The van der Waals surface area contributed by atoms with E-state index in [-0.39, 0.29) is 5.69 Å². The molecule has 3 aromatic heterocycles. The third kappa shape index (κ3) is 5.23. The number of nitrogens with zero attached hydrogens (tertiary/aromatic N) is 4. The third-order valence-electron chi connectivity index (χ3n) is 12.0. The minimum absolute atomic E-state index is 0.122. The van der Waals surface area contributed by atoms with E-state index in [1.54, 1.807) is 0 Å². The molecule has 12 aromatic rings.